The van der Waals surface area contributed by atoms with Gasteiger partial charge in [0.2, 0.25) is 0 Å². The van der Waals surface area contributed by atoms with E-state index in [1.165, 1.54) is 36.8 Å². The fourth-order valence-corrected chi connectivity index (χ4v) is 5.19. The van der Waals surface area contributed by atoms with Crippen molar-refractivity contribution in [3.8, 4) is 0 Å². The van der Waals surface area contributed by atoms with Gasteiger partial charge in [-0.25, -0.2) is 0 Å². The Kier molecular flexibility index (Phi) is 14.0. The molecule has 0 aromatic rings. The average molecular weight is 445 g/mol. The van der Waals surface area contributed by atoms with Crippen molar-refractivity contribution >= 4 is 0 Å². The molecule has 6 atom stereocenters. The topological polar surface area (TPSA) is 40.5 Å². The molecule has 0 spiro atoms. The number of hydrogen-bond acceptors (Lipinski definition) is 2. The van der Waals surface area contributed by atoms with Crippen molar-refractivity contribution in [3.63, 3.8) is 0 Å². The number of hydrogen-bond donors (Lipinski definition) is 2. The van der Waals surface area contributed by atoms with Gasteiger partial charge in [0.15, 0.2) is 0 Å². The fourth-order valence-electron chi connectivity index (χ4n) is 5.19. The van der Waals surface area contributed by atoms with Crippen molar-refractivity contribution in [1.82, 2.24) is 0 Å². The lowest BCUT2D eigenvalue weighted by Crippen LogP contribution is -2.34. The predicted molar refractivity (Wildman–Crippen MR) is 141 cm³/mol. The minimum absolute atomic E-state index is 0.210. The van der Waals surface area contributed by atoms with Crippen molar-refractivity contribution in [1.29, 1.82) is 0 Å². The monoisotopic (exact) mass is 444 g/mol. The maximum absolute atomic E-state index is 10.6. The van der Waals surface area contributed by atoms with Gasteiger partial charge in [0.25, 0.3) is 0 Å². The Hall–Kier alpha value is -1.28. The number of aliphatic hydroxyl groups is 2. The summed E-state index contributed by atoms with van der Waals surface area (Å²) in [7, 11) is 0. The number of allylic oxidation sites excluding steroid dienone is 5. The summed E-state index contributed by atoms with van der Waals surface area (Å²) in [5.74, 6) is 2.69. The second kappa shape index (κ2) is 15.5. The molecule has 0 bridgehead atoms. The maximum Gasteiger partial charge on any atom is 0.0879 e. The number of aliphatic hydroxyl groups excluding tert-OH is 2. The van der Waals surface area contributed by atoms with E-state index in [0.717, 1.165) is 44.9 Å². The van der Waals surface area contributed by atoms with Crippen LogP contribution < -0.4 is 0 Å². The highest BCUT2D eigenvalue weighted by atomic mass is 16.3. The molecular formula is C30H52O2. The summed E-state index contributed by atoms with van der Waals surface area (Å²) in [6.45, 7) is 18.9. The van der Waals surface area contributed by atoms with Gasteiger partial charge >= 0.3 is 0 Å². The van der Waals surface area contributed by atoms with Gasteiger partial charge in [-0.1, -0.05) is 89.8 Å². The van der Waals surface area contributed by atoms with Crippen LogP contribution in [0.1, 0.15) is 105 Å². The average Bonchev–Trinajstić information content (AvgIpc) is 2.75. The predicted octanol–water partition coefficient (Wildman–Crippen LogP) is 8.94. The van der Waals surface area contributed by atoms with E-state index in [2.05, 4.69) is 53.0 Å². The molecule has 0 aromatic carbocycles. The van der Waals surface area contributed by atoms with Crippen LogP contribution in [-0.2, 0) is 0 Å². The molecule has 32 heavy (non-hydrogen) atoms. The van der Waals surface area contributed by atoms with E-state index in [4.69, 9.17) is 0 Å². The van der Waals surface area contributed by atoms with Gasteiger partial charge < -0.3 is 10.2 Å². The Morgan fingerprint density at radius 3 is 2.50 bits per heavy atom. The first kappa shape index (κ1) is 28.8. The zero-order chi connectivity index (χ0) is 24.1. The van der Waals surface area contributed by atoms with Crippen LogP contribution in [0.15, 0.2) is 48.3 Å². The van der Waals surface area contributed by atoms with Gasteiger partial charge in [0.05, 0.1) is 11.9 Å². The molecule has 2 N–H and O–H groups in total. The number of unbranched alkanes of at least 4 members (excludes halogenated alkanes) is 1. The van der Waals surface area contributed by atoms with Gasteiger partial charge in [-0.05, 0) is 75.0 Å². The molecule has 0 radical (unpaired) electrons. The summed E-state index contributed by atoms with van der Waals surface area (Å²) in [4.78, 5) is 0. The van der Waals surface area contributed by atoms with Gasteiger partial charge in [-0.3, -0.25) is 0 Å². The summed E-state index contributed by atoms with van der Waals surface area (Å²) >= 11 is 0. The lowest BCUT2D eigenvalue weighted by atomic mass is 9.69. The van der Waals surface area contributed by atoms with E-state index in [-0.39, 0.29) is 12.0 Å². The van der Waals surface area contributed by atoms with Crippen LogP contribution in [0, 0.1) is 29.6 Å². The van der Waals surface area contributed by atoms with E-state index in [0.29, 0.717) is 29.4 Å². The smallest absolute Gasteiger partial charge is 0.0879 e. The standard InChI is InChI=1S/C30H52O2/c1-8-10-18-28-21-30(32)25(6)29(24(28)5)20-19-27(13-9-2)17-12-15-22(3)14-11-16-23(4)26(7)31/h9,17,21-25,29-32H,2,7-8,10-16,18-20H2,1,3-6H3/b27-17-. The van der Waals surface area contributed by atoms with Crippen molar-refractivity contribution in [2.24, 2.45) is 29.6 Å². The lowest BCUT2D eigenvalue weighted by Gasteiger charge is -2.38. The van der Waals surface area contributed by atoms with Gasteiger partial charge in [-0.2, -0.15) is 0 Å². The molecule has 0 heterocycles. The van der Waals surface area contributed by atoms with E-state index < -0.39 is 0 Å². The SMILES string of the molecule is C=CC/C(=C/CCC(C)CCCC(C)C(=C)O)CCC1C(C)C(CCCC)=CC(O)C1C. The van der Waals surface area contributed by atoms with Crippen LogP contribution in [0.2, 0.25) is 0 Å². The van der Waals surface area contributed by atoms with Crippen LogP contribution >= 0.6 is 0 Å². The summed E-state index contributed by atoms with van der Waals surface area (Å²) in [5.41, 5.74) is 2.99. The third-order valence-corrected chi connectivity index (χ3v) is 7.85. The normalized spacial score (nSPS) is 25.8. The highest BCUT2D eigenvalue weighted by molar-refractivity contribution is 5.17. The largest absolute Gasteiger partial charge is 0.513 e. The molecule has 0 aromatic heterocycles. The molecule has 0 saturated heterocycles. The van der Waals surface area contributed by atoms with Crippen LogP contribution in [0.25, 0.3) is 0 Å². The number of rotatable bonds is 16. The highest BCUT2D eigenvalue weighted by Crippen LogP contribution is 2.40. The van der Waals surface area contributed by atoms with Crippen LogP contribution in [0.3, 0.4) is 0 Å². The molecule has 1 rings (SSSR count). The molecule has 0 saturated carbocycles. The molecule has 1 aliphatic rings. The molecule has 2 heteroatoms. The first-order chi connectivity index (χ1) is 15.2. The van der Waals surface area contributed by atoms with E-state index in [9.17, 15) is 10.2 Å². The van der Waals surface area contributed by atoms with Gasteiger partial charge in [0, 0.05) is 5.92 Å². The highest BCUT2D eigenvalue weighted by Gasteiger charge is 2.33. The molecule has 6 unspecified atom stereocenters. The summed E-state index contributed by atoms with van der Waals surface area (Å²) in [6.07, 6.45) is 18.9. The third kappa shape index (κ3) is 10.1. The molecule has 0 fully saturated rings. The lowest BCUT2D eigenvalue weighted by molar-refractivity contribution is 0.0849. The molecule has 2 nitrogen and oxygen atoms in total. The Balaban J connectivity index is 2.55. The summed E-state index contributed by atoms with van der Waals surface area (Å²) in [5, 5.41) is 20.1. The Morgan fingerprint density at radius 2 is 1.88 bits per heavy atom. The second-order valence-electron chi connectivity index (χ2n) is 10.5. The summed E-state index contributed by atoms with van der Waals surface area (Å²) in [6, 6.07) is 0. The fraction of sp³-hybridized carbons (Fsp3) is 0.733. The minimum Gasteiger partial charge on any atom is -0.513 e. The van der Waals surface area contributed by atoms with E-state index >= 15 is 0 Å². The first-order valence-electron chi connectivity index (χ1n) is 13.3. The Labute approximate surface area is 199 Å². The van der Waals surface area contributed by atoms with Crippen molar-refractivity contribution in [2.45, 2.75) is 111 Å². The summed E-state index contributed by atoms with van der Waals surface area (Å²) < 4.78 is 0. The zero-order valence-electron chi connectivity index (χ0n) is 21.8. The zero-order valence-corrected chi connectivity index (χ0v) is 21.8. The quantitative estimate of drug-likeness (QED) is 0.184. The van der Waals surface area contributed by atoms with Crippen molar-refractivity contribution in [2.75, 3.05) is 0 Å². The molecule has 0 aliphatic heterocycles. The van der Waals surface area contributed by atoms with E-state index in [1.54, 1.807) is 0 Å². The van der Waals surface area contributed by atoms with Crippen molar-refractivity contribution < 1.29 is 10.2 Å². The molecule has 0 amide bonds. The van der Waals surface area contributed by atoms with Crippen molar-refractivity contribution in [3.05, 3.63) is 48.3 Å². The molecule has 184 valence electrons. The Bertz CT molecular complexity index is 614. The minimum atomic E-state index is -0.290. The van der Waals surface area contributed by atoms with Crippen LogP contribution in [0.5, 0.6) is 0 Å². The first-order valence-corrected chi connectivity index (χ1v) is 13.3. The Morgan fingerprint density at radius 1 is 1.16 bits per heavy atom. The van der Waals surface area contributed by atoms with Gasteiger partial charge in [0.1, 0.15) is 0 Å². The molecular weight excluding hydrogens is 392 g/mol. The maximum atomic E-state index is 10.6. The third-order valence-electron chi connectivity index (χ3n) is 7.85. The molecule has 1 aliphatic carbocycles. The van der Waals surface area contributed by atoms with Gasteiger partial charge in [-0.15, -0.1) is 6.58 Å². The van der Waals surface area contributed by atoms with E-state index in [1.807, 2.05) is 13.0 Å². The van der Waals surface area contributed by atoms with Crippen LogP contribution in [0.4, 0.5) is 0 Å². The second-order valence-corrected chi connectivity index (χ2v) is 10.5. The van der Waals surface area contributed by atoms with Crippen LogP contribution in [-0.4, -0.2) is 16.3 Å².